The molecule has 0 atom stereocenters. The summed E-state index contributed by atoms with van der Waals surface area (Å²) in [6.45, 7) is 3.25. The van der Waals surface area contributed by atoms with Crippen molar-refractivity contribution >= 4 is 5.82 Å². The number of hydrogen-bond donors (Lipinski definition) is 2. The number of hydrogen-bond acceptors (Lipinski definition) is 3. The fraction of sp³-hybridized carbons (Fsp3) is 0.214. The van der Waals surface area contributed by atoms with Gasteiger partial charge in [-0.05, 0) is 18.6 Å². The zero-order valence-corrected chi connectivity index (χ0v) is 9.98. The van der Waals surface area contributed by atoms with Crippen molar-refractivity contribution in [1.29, 1.82) is 0 Å². The van der Waals surface area contributed by atoms with E-state index in [1.54, 1.807) is 0 Å². The first-order chi connectivity index (χ1) is 8.29. The van der Waals surface area contributed by atoms with E-state index in [2.05, 4.69) is 22.4 Å². The van der Waals surface area contributed by atoms with Crippen molar-refractivity contribution in [2.45, 2.75) is 20.0 Å². The highest BCUT2D eigenvalue weighted by molar-refractivity contribution is 5.45. The Balaban J connectivity index is 2.11. The van der Waals surface area contributed by atoms with E-state index in [1.165, 1.54) is 5.56 Å². The first kappa shape index (κ1) is 11.6. The number of anilines is 1. The standard InChI is InChI=1S/C14H17N3/c1-11-7-8-13(9-15)14(17-11)16-10-12-5-3-2-4-6-12/h2-8H,9-10,15H2,1H3,(H,16,17). The Kier molecular flexibility index (Phi) is 3.73. The smallest absolute Gasteiger partial charge is 0.131 e. The molecule has 0 saturated heterocycles. The van der Waals surface area contributed by atoms with E-state index >= 15 is 0 Å². The van der Waals surface area contributed by atoms with Gasteiger partial charge >= 0.3 is 0 Å². The van der Waals surface area contributed by atoms with Gasteiger partial charge in [0, 0.05) is 24.3 Å². The molecule has 0 bridgehead atoms. The fourth-order valence-electron chi connectivity index (χ4n) is 1.68. The summed E-state index contributed by atoms with van der Waals surface area (Å²) in [5, 5.41) is 3.33. The molecule has 88 valence electrons. The van der Waals surface area contributed by atoms with Crippen LogP contribution < -0.4 is 11.1 Å². The average Bonchev–Trinajstić information content (AvgIpc) is 2.38. The second-order valence-electron chi connectivity index (χ2n) is 4.00. The van der Waals surface area contributed by atoms with Crippen LogP contribution in [0.5, 0.6) is 0 Å². The number of nitrogens with two attached hydrogens (primary N) is 1. The second-order valence-corrected chi connectivity index (χ2v) is 4.00. The molecule has 0 unspecified atom stereocenters. The van der Waals surface area contributed by atoms with E-state index in [0.717, 1.165) is 23.6 Å². The van der Waals surface area contributed by atoms with Gasteiger partial charge in [-0.3, -0.25) is 0 Å². The topological polar surface area (TPSA) is 50.9 Å². The monoisotopic (exact) mass is 227 g/mol. The lowest BCUT2D eigenvalue weighted by molar-refractivity contribution is 1.01. The summed E-state index contributed by atoms with van der Waals surface area (Å²) in [7, 11) is 0. The predicted molar refractivity (Wildman–Crippen MR) is 70.6 cm³/mol. The molecule has 3 heteroatoms. The number of nitrogens with one attached hydrogen (secondary N) is 1. The van der Waals surface area contributed by atoms with Gasteiger partial charge in [-0.1, -0.05) is 36.4 Å². The fourth-order valence-corrected chi connectivity index (χ4v) is 1.68. The van der Waals surface area contributed by atoms with Gasteiger partial charge in [0.05, 0.1) is 0 Å². The molecule has 0 saturated carbocycles. The molecular weight excluding hydrogens is 210 g/mol. The molecule has 3 N–H and O–H groups in total. The maximum absolute atomic E-state index is 5.69. The summed E-state index contributed by atoms with van der Waals surface area (Å²) in [6.07, 6.45) is 0. The molecule has 0 aliphatic carbocycles. The van der Waals surface area contributed by atoms with E-state index in [-0.39, 0.29) is 0 Å². The molecule has 1 aromatic heterocycles. The number of aromatic nitrogens is 1. The normalized spacial score (nSPS) is 10.2. The van der Waals surface area contributed by atoms with Gasteiger partial charge in [-0.25, -0.2) is 4.98 Å². The lowest BCUT2D eigenvalue weighted by Gasteiger charge is -2.10. The van der Waals surface area contributed by atoms with Gasteiger partial charge in [0.15, 0.2) is 0 Å². The number of benzene rings is 1. The molecule has 3 nitrogen and oxygen atoms in total. The maximum atomic E-state index is 5.69. The van der Waals surface area contributed by atoms with Crippen LogP contribution in [-0.2, 0) is 13.1 Å². The largest absolute Gasteiger partial charge is 0.366 e. The van der Waals surface area contributed by atoms with Crippen molar-refractivity contribution in [3.8, 4) is 0 Å². The minimum Gasteiger partial charge on any atom is -0.366 e. The minimum absolute atomic E-state index is 0.504. The first-order valence-corrected chi connectivity index (χ1v) is 5.74. The van der Waals surface area contributed by atoms with Crippen molar-refractivity contribution in [1.82, 2.24) is 4.98 Å². The summed E-state index contributed by atoms with van der Waals surface area (Å²) in [5.74, 6) is 0.886. The highest BCUT2D eigenvalue weighted by Gasteiger charge is 2.02. The van der Waals surface area contributed by atoms with Crippen LogP contribution in [0.4, 0.5) is 5.82 Å². The van der Waals surface area contributed by atoms with Crippen LogP contribution in [0.1, 0.15) is 16.8 Å². The maximum Gasteiger partial charge on any atom is 0.131 e. The van der Waals surface area contributed by atoms with Crippen LogP contribution in [0.2, 0.25) is 0 Å². The summed E-state index contributed by atoms with van der Waals surface area (Å²) < 4.78 is 0. The van der Waals surface area contributed by atoms with Gasteiger partial charge in [0.2, 0.25) is 0 Å². The minimum atomic E-state index is 0.504. The second kappa shape index (κ2) is 5.46. The zero-order valence-electron chi connectivity index (χ0n) is 9.98. The summed E-state index contributed by atoms with van der Waals surface area (Å²) in [4.78, 5) is 4.47. The lowest BCUT2D eigenvalue weighted by Crippen LogP contribution is -2.08. The van der Waals surface area contributed by atoms with Crippen LogP contribution >= 0.6 is 0 Å². The molecule has 0 radical (unpaired) electrons. The number of aryl methyl sites for hydroxylation is 1. The highest BCUT2D eigenvalue weighted by Crippen LogP contribution is 2.13. The summed E-state index contributed by atoms with van der Waals surface area (Å²) in [6, 6.07) is 14.3. The van der Waals surface area contributed by atoms with Gasteiger partial charge < -0.3 is 11.1 Å². The van der Waals surface area contributed by atoms with Crippen molar-refractivity contribution < 1.29 is 0 Å². The van der Waals surface area contributed by atoms with Gasteiger partial charge in [-0.15, -0.1) is 0 Å². The predicted octanol–water partition coefficient (Wildman–Crippen LogP) is 2.46. The molecule has 1 aromatic carbocycles. The van der Waals surface area contributed by atoms with E-state index < -0.39 is 0 Å². The third-order valence-electron chi connectivity index (χ3n) is 2.64. The Hall–Kier alpha value is -1.87. The third kappa shape index (κ3) is 3.04. The number of pyridine rings is 1. The average molecular weight is 227 g/mol. The van der Waals surface area contributed by atoms with Crippen molar-refractivity contribution in [3.63, 3.8) is 0 Å². The molecule has 0 amide bonds. The van der Waals surface area contributed by atoms with Crippen molar-refractivity contribution in [2.75, 3.05) is 5.32 Å². The highest BCUT2D eigenvalue weighted by atomic mass is 15.0. The number of nitrogens with zero attached hydrogens (tertiary/aromatic N) is 1. The van der Waals surface area contributed by atoms with Gasteiger partial charge in [-0.2, -0.15) is 0 Å². The van der Waals surface area contributed by atoms with Crippen molar-refractivity contribution in [3.05, 3.63) is 59.3 Å². The van der Waals surface area contributed by atoms with Crippen LogP contribution in [0.15, 0.2) is 42.5 Å². The SMILES string of the molecule is Cc1ccc(CN)c(NCc2ccccc2)n1. The molecule has 1 heterocycles. The quantitative estimate of drug-likeness (QED) is 0.843. The molecule has 2 rings (SSSR count). The molecule has 17 heavy (non-hydrogen) atoms. The summed E-state index contributed by atoms with van der Waals surface area (Å²) >= 11 is 0. The first-order valence-electron chi connectivity index (χ1n) is 5.74. The van der Waals surface area contributed by atoms with Crippen molar-refractivity contribution in [2.24, 2.45) is 5.73 Å². The van der Waals surface area contributed by atoms with Crippen LogP contribution in [0.25, 0.3) is 0 Å². The zero-order chi connectivity index (χ0) is 12.1. The van der Waals surface area contributed by atoms with E-state index in [4.69, 9.17) is 5.73 Å². The Bertz CT molecular complexity index is 480. The molecule has 0 aliphatic rings. The van der Waals surface area contributed by atoms with Gasteiger partial charge in [0.25, 0.3) is 0 Å². The van der Waals surface area contributed by atoms with Crippen LogP contribution in [-0.4, -0.2) is 4.98 Å². The Morgan fingerprint density at radius 3 is 2.59 bits per heavy atom. The van der Waals surface area contributed by atoms with E-state index in [1.807, 2.05) is 37.3 Å². The third-order valence-corrected chi connectivity index (χ3v) is 2.64. The molecular formula is C14H17N3. The van der Waals surface area contributed by atoms with E-state index in [0.29, 0.717) is 6.54 Å². The lowest BCUT2D eigenvalue weighted by atomic mass is 10.2. The Morgan fingerprint density at radius 1 is 1.12 bits per heavy atom. The summed E-state index contributed by atoms with van der Waals surface area (Å²) in [5.41, 5.74) is 8.97. The van der Waals surface area contributed by atoms with E-state index in [9.17, 15) is 0 Å². The molecule has 2 aromatic rings. The molecule has 0 fully saturated rings. The number of rotatable bonds is 4. The van der Waals surface area contributed by atoms with Gasteiger partial charge in [0.1, 0.15) is 5.82 Å². The van der Waals surface area contributed by atoms with Crippen LogP contribution in [0, 0.1) is 6.92 Å². The Labute approximate surface area is 102 Å². The Morgan fingerprint density at radius 2 is 1.88 bits per heavy atom. The van der Waals surface area contributed by atoms with Crippen LogP contribution in [0.3, 0.4) is 0 Å². The molecule has 0 spiro atoms. The molecule has 0 aliphatic heterocycles.